The number of rotatable bonds is 5. The zero-order valence-corrected chi connectivity index (χ0v) is 14.9. The van der Waals surface area contributed by atoms with E-state index in [1.165, 1.54) is 6.20 Å². The van der Waals surface area contributed by atoms with E-state index in [-0.39, 0.29) is 17.2 Å². The van der Waals surface area contributed by atoms with Crippen LogP contribution < -0.4 is 16.0 Å². The van der Waals surface area contributed by atoms with Crippen molar-refractivity contribution in [2.45, 2.75) is 19.8 Å². The second kappa shape index (κ2) is 8.10. The summed E-state index contributed by atoms with van der Waals surface area (Å²) in [7, 11) is 0. The number of hydrogen-bond donors (Lipinski definition) is 3. The van der Waals surface area contributed by atoms with Crippen LogP contribution in [0.25, 0.3) is 0 Å². The maximum atomic E-state index is 12.5. The summed E-state index contributed by atoms with van der Waals surface area (Å²) in [6.07, 6.45) is 5.22. The molecule has 0 unspecified atom stereocenters. The van der Waals surface area contributed by atoms with Gasteiger partial charge in [0.2, 0.25) is 0 Å². The molecule has 1 aliphatic rings. The van der Waals surface area contributed by atoms with E-state index in [9.17, 15) is 9.59 Å². The van der Waals surface area contributed by atoms with E-state index < -0.39 is 0 Å². The third-order valence-corrected chi connectivity index (χ3v) is 4.79. The van der Waals surface area contributed by atoms with Crippen molar-refractivity contribution in [3.05, 3.63) is 59.9 Å². The van der Waals surface area contributed by atoms with Crippen LogP contribution in [0.1, 0.15) is 40.5 Å². The van der Waals surface area contributed by atoms with Crippen molar-refractivity contribution in [2.75, 3.05) is 25.0 Å². The minimum absolute atomic E-state index is 0.123. The van der Waals surface area contributed by atoms with Gasteiger partial charge in [-0.3, -0.25) is 14.6 Å². The summed E-state index contributed by atoms with van der Waals surface area (Å²) in [6.45, 7) is 4.84. The van der Waals surface area contributed by atoms with Gasteiger partial charge in [0.1, 0.15) is 0 Å². The normalized spacial score (nSPS) is 15.9. The molecule has 1 fully saturated rings. The fourth-order valence-corrected chi connectivity index (χ4v) is 3.04. The Labute approximate surface area is 153 Å². The number of carbonyl (C=O) groups excluding carboxylic acids is 2. The molecule has 0 spiro atoms. The van der Waals surface area contributed by atoms with Crippen molar-refractivity contribution in [1.82, 2.24) is 15.6 Å². The first-order valence-corrected chi connectivity index (χ1v) is 8.86. The SMILES string of the molecule is CC1(CNC(=O)c2cccc(NC(=O)c3cccnc3)c2)CCNCC1. The monoisotopic (exact) mass is 352 g/mol. The molecule has 1 aromatic carbocycles. The van der Waals surface area contributed by atoms with Gasteiger partial charge in [-0.2, -0.15) is 0 Å². The topological polar surface area (TPSA) is 83.1 Å². The van der Waals surface area contributed by atoms with Gasteiger partial charge in [-0.25, -0.2) is 0 Å². The van der Waals surface area contributed by atoms with E-state index in [0.29, 0.717) is 23.4 Å². The number of nitrogens with one attached hydrogen (secondary N) is 3. The first-order valence-electron chi connectivity index (χ1n) is 8.86. The lowest BCUT2D eigenvalue weighted by Crippen LogP contribution is -2.42. The highest BCUT2D eigenvalue weighted by atomic mass is 16.2. The number of carbonyl (C=O) groups is 2. The standard InChI is InChI=1S/C20H24N4O2/c1-20(7-10-21-11-8-20)14-23-18(25)15-4-2-6-17(12-15)24-19(26)16-5-3-9-22-13-16/h2-6,9,12-13,21H,7-8,10-11,14H2,1H3,(H,23,25)(H,24,26). The highest BCUT2D eigenvalue weighted by molar-refractivity contribution is 6.04. The maximum Gasteiger partial charge on any atom is 0.257 e. The first kappa shape index (κ1) is 18.1. The van der Waals surface area contributed by atoms with Crippen LogP contribution in [0.5, 0.6) is 0 Å². The molecule has 0 saturated carbocycles. The zero-order valence-electron chi connectivity index (χ0n) is 14.9. The molecular formula is C20H24N4O2. The molecule has 3 rings (SSSR count). The summed E-state index contributed by atoms with van der Waals surface area (Å²) in [5, 5.41) is 9.17. The maximum absolute atomic E-state index is 12.5. The van der Waals surface area contributed by atoms with Crippen LogP contribution in [0.3, 0.4) is 0 Å². The lowest BCUT2D eigenvalue weighted by molar-refractivity contribution is 0.0921. The van der Waals surface area contributed by atoms with E-state index in [2.05, 4.69) is 27.9 Å². The summed E-state index contributed by atoms with van der Waals surface area (Å²) < 4.78 is 0. The van der Waals surface area contributed by atoms with Crippen molar-refractivity contribution < 1.29 is 9.59 Å². The Morgan fingerprint density at radius 3 is 2.62 bits per heavy atom. The molecule has 6 heteroatoms. The third kappa shape index (κ3) is 4.67. The molecular weight excluding hydrogens is 328 g/mol. The molecule has 136 valence electrons. The molecule has 6 nitrogen and oxygen atoms in total. The quantitative estimate of drug-likeness (QED) is 0.772. The van der Waals surface area contributed by atoms with Crippen molar-refractivity contribution in [2.24, 2.45) is 5.41 Å². The Kier molecular flexibility index (Phi) is 5.63. The fourth-order valence-electron chi connectivity index (χ4n) is 3.04. The first-order chi connectivity index (χ1) is 12.6. The Hall–Kier alpha value is -2.73. The summed E-state index contributed by atoms with van der Waals surface area (Å²) in [5.74, 6) is -0.375. The number of aromatic nitrogens is 1. The molecule has 0 aliphatic carbocycles. The Morgan fingerprint density at radius 2 is 1.88 bits per heavy atom. The van der Waals surface area contributed by atoms with Gasteiger partial charge in [-0.15, -0.1) is 0 Å². The van der Waals surface area contributed by atoms with Gasteiger partial charge in [-0.1, -0.05) is 13.0 Å². The van der Waals surface area contributed by atoms with Crippen LogP contribution in [-0.2, 0) is 0 Å². The van der Waals surface area contributed by atoms with Crippen molar-refractivity contribution in [3.8, 4) is 0 Å². The van der Waals surface area contributed by atoms with Crippen LogP contribution in [0, 0.1) is 5.41 Å². The van der Waals surface area contributed by atoms with Gasteiger partial charge in [0.15, 0.2) is 0 Å². The second-order valence-corrected chi connectivity index (χ2v) is 7.02. The number of pyridine rings is 1. The predicted octanol–water partition coefficient (Wildman–Crippen LogP) is 2.45. The number of amides is 2. The molecule has 2 aromatic rings. The van der Waals surface area contributed by atoms with Crippen LogP contribution in [-0.4, -0.2) is 36.4 Å². The van der Waals surface area contributed by atoms with Gasteiger partial charge in [0.05, 0.1) is 5.56 Å². The van der Waals surface area contributed by atoms with Crippen LogP contribution in [0.4, 0.5) is 5.69 Å². The highest BCUT2D eigenvalue weighted by Gasteiger charge is 2.27. The van der Waals surface area contributed by atoms with E-state index >= 15 is 0 Å². The van der Waals surface area contributed by atoms with Crippen molar-refractivity contribution >= 4 is 17.5 Å². The molecule has 1 saturated heterocycles. The average Bonchev–Trinajstić information content (AvgIpc) is 2.67. The smallest absolute Gasteiger partial charge is 0.257 e. The molecule has 26 heavy (non-hydrogen) atoms. The van der Waals surface area contributed by atoms with Crippen molar-refractivity contribution in [3.63, 3.8) is 0 Å². The van der Waals surface area contributed by atoms with E-state index in [1.807, 2.05) is 0 Å². The molecule has 1 aromatic heterocycles. The summed E-state index contributed by atoms with van der Waals surface area (Å²) in [4.78, 5) is 28.6. The lowest BCUT2D eigenvalue weighted by atomic mass is 9.81. The predicted molar refractivity (Wildman–Crippen MR) is 101 cm³/mol. The Morgan fingerprint density at radius 1 is 1.12 bits per heavy atom. The fraction of sp³-hybridized carbons (Fsp3) is 0.350. The van der Waals surface area contributed by atoms with Crippen LogP contribution in [0.15, 0.2) is 48.8 Å². The second-order valence-electron chi connectivity index (χ2n) is 7.02. The Bertz CT molecular complexity index is 770. The highest BCUT2D eigenvalue weighted by Crippen LogP contribution is 2.26. The number of benzene rings is 1. The summed E-state index contributed by atoms with van der Waals surface area (Å²) >= 11 is 0. The number of nitrogens with zero attached hydrogens (tertiary/aromatic N) is 1. The molecule has 0 bridgehead atoms. The number of hydrogen-bond acceptors (Lipinski definition) is 4. The van der Waals surface area contributed by atoms with E-state index in [4.69, 9.17) is 0 Å². The summed E-state index contributed by atoms with van der Waals surface area (Å²) in [6, 6.07) is 10.4. The molecule has 2 heterocycles. The van der Waals surface area contributed by atoms with Gasteiger partial charge in [0, 0.05) is 30.2 Å². The van der Waals surface area contributed by atoms with E-state index in [1.54, 1.807) is 42.6 Å². The van der Waals surface area contributed by atoms with Crippen LogP contribution in [0.2, 0.25) is 0 Å². The minimum atomic E-state index is -0.252. The average molecular weight is 352 g/mol. The van der Waals surface area contributed by atoms with E-state index in [0.717, 1.165) is 25.9 Å². The molecule has 2 amide bonds. The van der Waals surface area contributed by atoms with Gasteiger partial charge >= 0.3 is 0 Å². The lowest BCUT2D eigenvalue weighted by Gasteiger charge is -2.34. The van der Waals surface area contributed by atoms with Gasteiger partial charge < -0.3 is 16.0 Å². The third-order valence-electron chi connectivity index (χ3n) is 4.79. The Balaban J connectivity index is 1.61. The van der Waals surface area contributed by atoms with Gasteiger partial charge in [0.25, 0.3) is 11.8 Å². The van der Waals surface area contributed by atoms with Gasteiger partial charge in [-0.05, 0) is 61.7 Å². The zero-order chi connectivity index (χ0) is 18.4. The minimum Gasteiger partial charge on any atom is -0.351 e. The molecule has 1 aliphatic heterocycles. The molecule has 0 atom stereocenters. The molecule has 3 N–H and O–H groups in total. The summed E-state index contributed by atoms with van der Waals surface area (Å²) in [5.41, 5.74) is 1.72. The van der Waals surface area contributed by atoms with Crippen LogP contribution >= 0.6 is 0 Å². The largest absolute Gasteiger partial charge is 0.351 e. The number of piperidine rings is 1. The molecule has 0 radical (unpaired) electrons. The number of anilines is 1. The van der Waals surface area contributed by atoms with Crippen molar-refractivity contribution in [1.29, 1.82) is 0 Å².